The van der Waals surface area contributed by atoms with Crippen molar-refractivity contribution in [3.63, 3.8) is 0 Å². The lowest BCUT2D eigenvalue weighted by atomic mass is 10.4. The summed E-state index contributed by atoms with van der Waals surface area (Å²) in [5, 5.41) is 7.94. The molecule has 2 aromatic rings. The van der Waals surface area contributed by atoms with Gasteiger partial charge in [-0.25, -0.2) is 0 Å². The molecular weight excluding hydrogens is 186 g/mol. The summed E-state index contributed by atoms with van der Waals surface area (Å²) in [6, 6.07) is 1.89. The molecule has 0 fully saturated rings. The Morgan fingerprint density at radius 3 is 2.92 bits per heavy atom. The van der Waals surface area contributed by atoms with Crippen LogP contribution in [-0.2, 0) is 7.05 Å². The third kappa shape index (κ3) is 1.52. The van der Waals surface area contributed by atoms with Crippen LogP contribution in [0.3, 0.4) is 0 Å². The second-order valence-corrected chi connectivity index (χ2v) is 3.30. The standard InChI is InChI=1S/C7H9N5S/c1-8-7-9-6(11-13-7)5-3-4-12(2)10-5/h3-4H,1-2H3,(H,8,9,11). The maximum absolute atomic E-state index is 4.23. The quantitative estimate of drug-likeness (QED) is 0.776. The molecule has 0 saturated carbocycles. The van der Waals surface area contributed by atoms with Crippen LogP contribution in [0.15, 0.2) is 12.3 Å². The summed E-state index contributed by atoms with van der Waals surface area (Å²) in [5.41, 5.74) is 0.806. The molecule has 0 atom stereocenters. The first-order chi connectivity index (χ1) is 6.29. The minimum atomic E-state index is 0.676. The van der Waals surface area contributed by atoms with Crippen molar-refractivity contribution in [2.24, 2.45) is 7.05 Å². The average Bonchev–Trinajstić information content (AvgIpc) is 2.71. The summed E-state index contributed by atoms with van der Waals surface area (Å²) in [6.45, 7) is 0. The molecular formula is C7H9N5S. The van der Waals surface area contributed by atoms with Crippen LogP contribution in [0.2, 0.25) is 0 Å². The van der Waals surface area contributed by atoms with Crippen molar-refractivity contribution < 1.29 is 0 Å². The Labute approximate surface area is 79.6 Å². The van der Waals surface area contributed by atoms with E-state index in [4.69, 9.17) is 0 Å². The Kier molecular flexibility index (Phi) is 1.97. The molecule has 0 spiro atoms. The summed E-state index contributed by atoms with van der Waals surface area (Å²) in [4.78, 5) is 4.23. The van der Waals surface area contributed by atoms with E-state index in [1.807, 2.05) is 26.4 Å². The largest absolute Gasteiger partial charge is 0.363 e. The van der Waals surface area contributed by atoms with Gasteiger partial charge in [0.15, 0.2) is 5.82 Å². The zero-order chi connectivity index (χ0) is 9.26. The van der Waals surface area contributed by atoms with Gasteiger partial charge in [0.25, 0.3) is 0 Å². The van der Waals surface area contributed by atoms with E-state index in [9.17, 15) is 0 Å². The number of nitrogens with one attached hydrogen (secondary N) is 1. The summed E-state index contributed by atoms with van der Waals surface area (Å²) in [7, 11) is 3.69. The van der Waals surface area contributed by atoms with E-state index < -0.39 is 0 Å². The van der Waals surface area contributed by atoms with E-state index in [1.165, 1.54) is 11.5 Å². The topological polar surface area (TPSA) is 55.6 Å². The maximum Gasteiger partial charge on any atom is 0.202 e. The lowest BCUT2D eigenvalue weighted by molar-refractivity contribution is 0.769. The van der Waals surface area contributed by atoms with Gasteiger partial charge in [-0.15, -0.1) is 0 Å². The van der Waals surface area contributed by atoms with Gasteiger partial charge in [-0.2, -0.15) is 14.5 Å². The van der Waals surface area contributed by atoms with Crippen LogP contribution in [-0.4, -0.2) is 26.2 Å². The Hall–Kier alpha value is -1.43. The smallest absolute Gasteiger partial charge is 0.202 e. The van der Waals surface area contributed by atoms with Crippen molar-refractivity contribution in [2.45, 2.75) is 0 Å². The second kappa shape index (κ2) is 3.14. The van der Waals surface area contributed by atoms with Crippen LogP contribution >= 0.6 is 11.5 Å². The van der Waals surface area contributed by atoms with Crippen molar-refractivity contribution in [3.8, 4) is 11.5 Å². The van der Waals surface area contributed by atoms with Gasteiger partial charge >= 0.3 is 0 Å². The Bertz CT molecular complexity index is 404. The summed E-state index contributed by atoms with van der Waals surface area (Å²) < 4.78 is 5.89. The number of hydrogen-bond donors (Lipinski definition) is 1. The predicted molar refractivity (Wildman–Crippen MR) is 51.7 cm³/mol. The fourth-order valence-corrected chi connectivity index (χ4v) is 1.49. The van der Waals surface area contributed by atoms with Gasteiger partial charge in [-0.05, 0) is 6.07 Å². The first kappa shape index (κ1) is 8.18. The third-order valence-corrected chi connectivity index (χ3v) is 2.32. The molecule has 0 amide bonds. The number of hydrogen-bond acceptors (Lipinski definition) is 5. The zero-order valence-electron chi connectivity index (χ0n) is 7.35. The number of rotatable bonds is 2. The van der Waals surface area contributed by atoms with Crippen LogP contribution in [0.1, 0.15) is 0 Å². The molecule has 2 aromatic heterocycles. The average molecular weight is 195 g/mol. The van der Waals surface area contributed by atoms with Crippen molar-refractivity contribution >= 4 is 16.7 Å². The minimum absolute atomic E-state index is 0.676. The molecule has 0 aliphatic heterocycles. The molecule has 0 aliphatic carbocycles. The molecule has 0 aromatic carbocycles. The van der Waals surface area contributed by atoms with Crippen LogP contribution in [0, 0.1) is 0 Å². The lowest BCUT2D eigenvalue weighted by Crippen LogP contribution is -1.89. The van der Waals surface area contributed by atoms with Crippen molar-refractivity contribution in [3.05, 3.63) is 12.3 Å². The van der Waals surface area contributed by atoms with Gasteiger partial charge in [-0.1, -0.05) is 0 Å². The normalized spacial score (nSPS) is 10.3. The van der Waals surface area contributed by atoms with Gasteiger partial charge in [0.05, 0.1) is 0 Å². The number of nitrogens with zero attached hydrogens (tertiary/aromatic N) is 4. The summed E-state index contributed by atoms with van der Waals surface area (Å²) >= 11 is 1.33. The lowest BCUT2D eigenvalue weighted by Gasteiger charge is -1.87. The van der Waals surface area contributed by atoms with Crippen LogP contribution in [0.25, 0.3) is 11.5 Å². The summed E-state index contributed by atoms with van der Waals surface area (Å²) in [5.74, 6) is 0.676. The van der Waals surface area contributed by atoms with Crippen molar-refractivity contribution in [1.29, 1.82) is 0 Å². The monoisotopic (exact) mass is 195 g/mol. The highest BCUT2D eigenvalue weighted by molar-refractivity contribution is 7.09. The number of anilines is 1. The Morgan fingerprint density at radius 1 is 1.54 bits per heavy atom. The van der Waals surface area contributed by atoms with E-state index in [0.29, 0.717) is 5.82 Å². The number of aromatic nitrogens is 4. The van der Waals surface area contributed by atoms with E-state index >= 15 is 0 Å². The molecule has 0 bridgehead atoms. The van der Waals surface area contributed by atoms with Crippen molar-refractivity contribution in [2.75, 3.05) is 12.4 Å². The first-order valence-corrected chi connectivity index (χ1v) is 4.58. The van der Waals surface area contributed by atoms with Crippen LogP contribution in [0.4, 0.5) is 5.13 Å². The van der Waals surface area contributed by atoms with Gasteiger partial charge in [0.2, 0.25) is 5.13 Å². The first-order valence-electron chi connectivity index (χ1n) is 3.81. The molecule has 2 rings (SSSR count). The van der Waals surface area contributed by atoms with Crippen LogP contribution in [0.5, 0.6) is 0 Å². The number of aryl methyl sites for hydroxylation is 1. The molecule has 0 saturated heterocycles. The minimum Gasteiger partial charge on any atom is -0.363 e. The molecule has 2 heterocycles. The summed E-state index contributed by atoms with van der Waals surface area (Å²) in [6.07, 6.45) is 1.87. The molecule has 0 unspecified atom stereocenters. The molecule has 0 aliphatic rings. The Balaban J connectivity index is 2.35. The molecule has 5 nitrogen and oxygen atoms in total. The second-order valence-electron chi connectivity index (χ2n) is 2.55. The third-order valence-electron chi connectivity index (χ3n) is 1.58. The highest BCUT2D eigenvalue weighted by Gasteiger charge is 2.07. The molecule has 6 heteroatoms. The van der Waals surface area contributed by atoms with E-state index in [1.54, 1.807) is 4.68 Å². The fourth-order valence-electron chi connectivity index (χ4n) is 0.963. The SMILES string of the molecule is CNc1nc(-c2ccn(C)n2)ns1. The maximum atomic E-state index is 4.23. The zero-order valence-corrected chi connectivity index (χ0v) is 8.17. The molecule has 0 radical (unpaired) electrons. The predicted octanol–water partition coefficient (Wildman–Crippen LogP) is 0.980. The van der Waals surface area contributed by atoms with Gasteiger partial charge in [0, 0.05) is 31.8 Å². The van der Waals surface area contributed by atoms with Gasteiger partial charge in [-0.3, -0.25) is 4.68 Å². The van der Waals surface area contributed by atoms with Crippen LogP contribution < -0.4 is 5.32 Å². The van der Waals surface area contributed by atoms with E-state index in [2.05, 4.69) is 19.8 Å². The highest BCUT2D eigenvalue weighted by Crippen LogP contribution is 2.18. The van der Waals surface area contributed by atoms with Gasteiger partial charge < -0.3 is 5.32 Å². The van der Waals surface area contributed by atoms with Gasteiger partial charge in [0.1, 0.15) is 5.69 Å². The molecule has 1 N–H and O–H groups in total. The fraction of sp³-hybridized carbons (Fsp3) is 0.286. The van der Waals surface area contributed by atoms with E-state index in [-0.39, 0.29) is 0 Å². The Morgan fingerprint density at radius 2 is 2.38 bits per heavy atom. The molecule has 13 heavy (non-hydrogen) atoms. The molecule has 68 valence electrons. The van der Waals surface area contributed by atoms with E-state index in [0.717, 1.165) is 10.8 Å². The van der Waals surface area contributed by atoms with Crippen molar-refractivity contribution in [1.82, 2.24) is 19.1 Å². The highest BCUT2D eigenvalue weighted by atomic mass is 32.1.